The van der Waals surface area contributed by atoms with Crippen molar-refractivity contribution >= 4 is 16.7 Å². The number of benzene rings is 1. The molecule has 0 spiro atoms. The molecule has 1 aromatic carbocycles. The number of nitrogens with two attached hydrogens (primary N) is 1. The van der Waals surface area contributed by atoms with Crippen LogP contribution in [0.5, 0.6) is 11.5 Å². The van der Waals surface area contributed by atoms with E-state index < -0.39 is 0 Å². The van der Waals surface area contributed by atoms with Crippen LogP contribution in [0.4, 0.5) is 5.82 Å². The van der Waals surface area contributed by atoms with Crippen LogP contribution in [-0.2, 0) is 4.74 Å². The van der Waals surface area contributed by atoms with Gasteiger partial charge >= 0.3 is 0 Å². The number of fused-ring (bicyclic) bond motifs is 1. The number of nitrogens with zero attached hydrogens (tertiary/aromatic N) is 2. The fourth-order valence-electron chi connectivity index (χ4n) is 2.46. The van der Waals surface area contributed by atoms with Gasteiger partial charge in [0.15, 0.2) is 11.5 Å². The van der Waals surface area contributed by atoms with E-state index in [9.17, 15) is 0 Å². The molecule has 0 bridgehead atoms. The lowest BCUT2D eigenvalue weighted by Crippen LogP contribution is -2.41. The summed E-state index contributed by atoms with van der Waals surface area (Å²) in [5.74, 6) is 2.30. The molecule has 2 aromatic rings. The third kappa shape index (κ3) is 3.05. The van der Waals surface area contributed by atoms with Gasteiger partial charge in [0.25, 0.3) is 0 Å². The van der Waals surface area contributed by atoms with Crippen molar-refractivity contribution in [1.82, 2.24) is 15.3 Å². The first kappa shape index (κ1) is 14.8. The predicted octanol–water partition coefficient (Wildman–Crippen LogP) is 0.896. The summed E-state index contributed by atoms with van der Waals surface area (Å²) in [5, 5.41) is 4.02. The molecule has 1 aliphatic rings. The van der Waals surface area contributed by atoms with Gasteiger partial charge in [0.2, 0.25) is 0 Å². The van der Waals surface area contributed by atoms with Gasteiger partial charge in [0, 0.05) is 24.5 Å². The van der Waals surface area contributed by atoms with Gasteiger partial charge in [-0.15, -0.1) is 0 Å². The second-order valence-corrected chi connectivity index (χ2v) is 5.18. The van der Waals surface area contributed by atoms with Crippen LogP contribution < -0.4 is 20.5 Å². The lowest BCUT2D eigenvalue weighted by Gasteiger charge is -2.24. The number of hydrogen-bond donors (Lipinski definition) is 2. The van der Waals surface area contributed by atoms with Crippen LogP contribution in [0, 0.1) is 6.92 Å². The Balaban J connectivity index is 1.87. The zero-order chi connectivity index (χ0) is 15.5. The summed E-state index contributed by atoms with van der Waals surface area (Å²) < 4.78 is 16.9. The highest BCUT2D eigenvalue weighted by molar-refractivity contribution is 5.90. The minimum absolute atomic E-state index is 0.0285. The molecule has 0 radical (unpaired) electrons. The highest BCUT2D eigenvalue weighted by Gasteiger charge is 2.16. The van der Waals surface area contributed by atoms with Crippen molar-refractivity contribution in [3.63, 3.8) is 0 Å². The average molecular weight is 304 g/mol. The second-order valence-electron chi connectivity index (χ2n) is 5.18. The SMILES string of the molecule is COc1cc2nc(C)nc(N)c2cc1OC[C@@H]1CNCCO1. The van der Waals surface area contributed by atoms with Crippen molar-refractivity contribution < 1.29 is 14.2 Å². The molecule has 1 atom stereocenters. The number of aromatic nitrogens is 2. The zero-order valence-corrected chi connectivity index (χ0v) is 12.8. The Hall–Kier alpha value is -2.12. The summed E-state index contributed by atoms with van der Waals surface area (Å²) in [4.78, 5) is 8.56. The molecule has 7 nitrogen and oxygen atoms in total. The van der Waals surface area contributed by atoms with E-state index >= 15 is 0 Å². The highest BCUT2D eigenvalue weighted by Crippen LogP contribution is 2.33. The number of aryl methyl sites for hydroxylation is 1. The Morgan fingerprint density at radius 1 is 1.36 bits per heavy atom. The Morgan fingerprint density at radius 3 is 2.95 bits per heavy atom. The number of anilines is 1. The minimum Gasteiger partial charge on any atom is -0.493 e. The number of nitrogens with one attached hydrogen (secondary N) is 1. The van der Waals surface area contributed by atoms with Crippen LogP contribution in [-0.4, -0.2) is 49.5 Å². The van der Waals surface area contributed by atoms with Crippen LogP contribution >= 0.6 is 0 Å². The van der Waals surface area contributed by atoms with E-state index in [-0.39, 0.29) is 6.10 Å². The topological polar surface area (TPSA) is 91.5 Å². The average Bonchev–Trinajstić information content (AvgIpc) is 2.53. The van der Waals surface area contributed by atoms with Gasteiger partial charge in [0.1, 0.15) is 24.4 Å². The Labute approximate surface area is 128 Å². The minimum atomic E-state index is 0.0285. The Bertz CT molecular complexity index is 671. The lowest BCUT2D eigenvalue weighted by molar-refractivity contribution is -0.000232. The third-order valence-corrected chi connectivity index (χ3v) is 3.55. The fourth-order valence-corrected chi connectivity index (χ4v) is 2.46. The van der Waals surface area contributed by atoms with Crippen molar-refractivity contribution in [2.24, 2.45) is 0 Å². The van der Waals surface area contributed by atoms with E-state index in [0.717, 1.165) is 24.0 Å². The maximum absolute atomic E-state index is 5.97. The van der Waals surface area contributed by atoms with E-state index in [0.29, 0.717) is 36.4 Å². The first-order chi connectivity index (χ1) is 10.7. The highest BCUT2D eigenvalue weighted by atomic mass is 16.5. The van der Waals surface area contributed by atoms with Crippen molar-refractivity contribution in [2.45, 2.75) is 13.0 Å². The molecule has 0 unspecified atom stereocenters. The molecule has 1 aliphatic heterocycles. The first-order valence-corrected chi connectivity index (χ1v) is 7.24. The summed E-state index contributed by atoms with van der Waals surface area (Å²) in [6.45, 7) is 4.61. The molecule has 2 heterocycles. The van der Waals surface area contributed by atoms with Gasteiger partial charge < -0.3 is 25.3 Å². The normalized spacial score (nSPS) is 18.4. The van der Waals surface area contributed by atoms with Gasteiger partial charge in [-0.2, -0.15) is 0 Å². The third-order valence-electron chi connectivity index (χ3n) is 3.55. The molecule has 7 heteroatoms. The number of methoxy groups -OCH3 is 1. The second kappa shape index (κ2) is 6.33. The molecule has 0 saturated carbocycles. The van der Waals surface area contributed by atoms with Gasteiger partial charge in [-0.25, -0.2) is 9.97 Å². The molecule has 22 heavy (non-hydrogen) atoms. The summed E-state index contributed by atoms with van der Waals surface area (Å²) >= 11 is 0. The number of hydrogen-bond acceptors (Lipinski definition) is 7. The monoisotopic (exact) mass is 304 g/mol. The zero-order valence-electron chi connectivity index (χ0n) is 12.8. The summed E-state index contributed by atoms with van der Waals surface area (Å²) in [5.41, 5.74) is 6.71. The molecule has 3 rings (SSSR count). The summed E-state index contributed by atoms with van der Waals surface area (Å²) in [7, 11) is 1.60. The quantitative estimate of drug-likeness (QED) is 0.867. The van der Waals surface area contributed by atoms with E-state index in [1.165, 1.54) is 0 Å². The number of rotatable bonds is 4. The Kier molecular flexibility index (Phi) is 4.26. The number of morpholine rings is 1. The van der Waals surface area contributed by atoms with Crippen molar-refractivity contribution in [2.75, 3.05) is 39.1 Å². The van der Waals surface area contributed by atoms with Gasteiger partial charge in [-0.3, -0.25) is 0 Å². The smallest absolute Gasteiger partial charge is 0.162 e. The van der Waals surface area contributed by atoms with Crippen LogP contribution in [0.2, 0.25) is 0 Å². The molecule has 1 saturated heterocycles. The van der Waals surface area contributed by atoms with Gasteiger partial charge in [-0.1, -0.05) is 0 Å². The largest absolute Gasteiger partial charge is 0.493 e. The maximum atomic E-state index is 5.97. The van der Waals surface area contributed by atoms with Crippen LogP contribution in [0.3, 0.4) is 0 Å². The van der Waals surface area contributed by atoms with Crippen molar-refractivity contribution in [3.05, 3.63) is 18.0 Å². The summed E-state index contributed by atoms with van der Waals surface area (Å²) in [6, 6.07) is 3.63. The van der Waals surface area contributed by atoms with Crippen LogP contribution in [0.25, 0.3) is 10.9 Å². The fraction of sp³-hybridized carbons (Fsp3) is 0.467. The first-order valence-electron chi connectivity index (χ1n) is 7.24. The van der Waals surface area contributed by atoms with Crippen LogP contribution in [0.1, 0.15) is 5.82 Å². The van der Waals surface area contributed by atoms with Gasteiger partial charge in [-0.05, 0) is 13.0 Å². The standard InChI is InChI=1S/C15H20N4O3/c1-9-18-12-6-13(20-2)14(5-11(12)15(16)19-9)22-8-10-7-17-3-4-21-10/h5-6,10,17H,3-4,7-8H2,1-2H3,(H2,16,18,19)/t10-/m0/s1. The molecule has 1 aromatic heterocycles. The predicted molar refractivity (Wildman–Crippen MR) is 83.3 cm³/mol. The molecular formula is C15H20N4O3. The Morgan fingerprint density at radius 2 is 2.23 bits per heavy atom. The molecule has 0 amide bonds. The molecule has 3 N–H and O–H groups in total. The molecule has 1 fully saturated rings. The molecule has 0 aliphatic carbocycles. The van der Waals surface area contributed by atoms with E-state index in [1.54, 1.807) is 14.0 Å². The van der Waals surface area contributed by atoms with E-state index in [2.05, 4.69) is 15.3 Å². The maximum Gasteiger partial charge on any atom is 0.162 e. The van der Waals surface area contributed by atoms with Crippen molar-refractivity contribution in [1.29, 1.82) is 0 Å². The lowest BCUT2D eigenvalue weighted by atomic mass is 10.2. The van der Waals surface area contributed by atoms with Crippen LogP contribution in [0.15, 0.2) is 12.1 Å². The number of ether oxygens (including phenoxy) is 3. The van der Waals surface area contributed by atoms with E-state index in [4.69, 9.17) is 19.9 Å². The van der Waals surface area contributed by atoms with Crippen molar-refractivity contribution in [3.8, 4) is 11.5 Å². The van der Waals surface area contributed by atoms with E-state index in [1.807, 2.05) is 12.1 Å². The number of nitrogen functional groups attached to an aromatic ring is 1. The van der Waals surface area contributed by atoms with Gasteiger partial charge in [0.05, 0.1) is 19.2 Å². The molecule has 118 valence electrons. The summed E-state index contributed by atoms with van der Waals surface area (Å²) in [6.07, 6.45) is 0.0285. The molecular weight excluding hydrogens is 284 g/mol.